The predicted octanol–water partition coefficient (Wildman–Crippen LogP) is -0.111. The van der Waals surface area contributed by atoms with Gasteiger partial charge < -0.3 is 29.0 Å². The van der Waals surface area contributed by atoms with E-state index in [1.165, 1.54) is 6.33 Å². The minimum Gasteiger partial charge on any atom is -0.504 e. The van der Waals surface area contributed by atoms with Gasteiger partial charge in [0, 0.05) is 32.9 Å². The number of carbonyl (C=O) groups excluding carboxylic acids is 2. The maximum absolute atomic E-state index is 13.7. The highest BCUT2D eigenvalue weighted by Crippen LogP contribution is 2.22. The summed E-state index contributed by atoms with van der Waals surface area (Å²) in [4.78, 5) is 54.3. The summed E-state index contributed by atoms with van der Waals surface area (Å²) >= 11 is 0. The molecule has 1 saturated heterocycles. The number of carbonyl (C=O) groups is 2. The number of nitrogens with zero attached hydrogens (tertiary/aromatic N) is 8. The summed E-state index contributed by atoms with van der Waals surface area (Å²) in [6.45, 7) is 9.93. The van der Waals surface area contributed by atoms with Crippen molar-refractivity contribution in [2.24, 2.45) is 10.1 Å². The number of aromatic nitrogens is 4. The maximum atomic E-state index is 13.7. The van der Waals surface area contributed by atoms with E-state index >= 15 is 0 Å². The van der Waals surface area contributed by atoms with Gasteiger partial charge in [-0.05, 0) is 25.3 Å². The molecule has 0 atom stereocenters. The Kier molecular flexibility index (Phi) is 8.46. The van der Waals surface area contributed by atoms with E-state index < -0.39 is 5.91 Å². The van der Waals surface area contributed by atoms with E-state index in [0.717, 1.165) is 23.0 Å². The lowest BCUT2D eigenvalue weighted by molar-refractivity contribution is -0.108. The third kappa shape index (κ3) is 5.28. The third-order valence-corrected chi connectivity index (χ3v) is 6.73. The van der Waals surface area contributed by atoms with Crippen molar-refractivity contribution >= 4 is 24.6 Å². The fraction of sp³-hybridized carbons (Fsp3) is 0.480. The molecule has 1 amide bonds. The van der Waals surface area contributed by atoms with Gasteiger partial charge in [-0.3, -0.25) is 9.59 Å². The Balaban J connectivity index is 1.68. The number of amides is 1. The van der Waals surface area contributed by atoms with Crippen LogP contribution in [0.3, 0.4) is 0 Å². The predicted molar refractivity (Wildman–Crippen MR) is 140 cm³/mol. The van der Waals surface area contributed by atoms with Gasteiger partial charge in [0.2, 0.25) is 5.62 Å². The van der Waals surface area contributed by atoms with Gasteiger partial charge in [-0.2, -0.15) is 9.78 Å². The summed E-state index contributed by atoms with van der Waals surface area (Å²) in [6.07, 6.45) is 5.20. The molecule has 4 heterocycles. The largest absolute Gasteiger partial charge is 0.504 e. The van der Waals surface area contributed by atoms with Crippen LogP contribution in [0, 0.1) is 6.92 Å². The number of hydrogen-bond donors (Lipinski definition) is 1. The van der Waals surface area contributed by atoms with Crippen LogP contribution in [0.5, 0.6) is 5.75 Å². The molecular formula is C25H32N8O5. The van der Waals surface area contributed by atoms with Gasteiger partial charge in [-0.1, -0.05) is 13.0 Å². The molecule has 13 heteroatoms. The molecule has 2 aliphatic heterocycles. The Labute approximate surface area is 219 Å². The Morgan fingerprint density at radius 3 is 2.66 bits per heavy atom. The van der Waals surface area contributed by atoms with Gasteiger partial charge in [0.15, 0.2) is 11.4 Å². The molecule has 0 saturated carbocycles. The van der Waals surface area contributed by atoms with Gasteiger partial charge >= 0.3 is 0 Å². The highest BCUT2D eigenvalue weighted by atomic mass is 16.5. The number of hydrogen-bond acceptors (Lipinski definition) is 10. The molecule has 2 aliphatic rings. The van der Waals surface area contributed by atoms with Crippen LogP contribution in [-0.4, -0.2) is 94.1 Å². The zero-order chi connectivity index (χ0) is 27.2. The van der Waals surface area contributed by atoms with E-state index in [-0.39, 0.29) is 29.2 Å². The average Bonchev–Trinajstić information content (AvgIpc) is 2.94. The minimum absolute atomic E-state index is 0.00223. The van der Waals surface area contributed by atoms with Crippen LogP contribution >= 0.6 is 0 Å². The quantitative estimate of drug-likeness (QED) is 0.286. The van der Waals surface area contributed by atoms with Gasteiger partial charge in [0.05, 0.1) is 37.7 Å². The zero-order valence-electron chi connectivity index (χ0n) is 21.7. The van der Waals surface area contributed by atoms with E-state index in [1.807, 2.05) is 17.9 Å². The first-order valence-corrected chi connectivity index (χ1v) is 12.5. The van der Waals surface area contributed by atoms with Crippen molar-refractivity contribution < 1.29 is 19.4 Å². The first-order chi connectivity index (χ1) is 18.4. The standard InChI is InChI=1S/C25H32N8O5/c1-4-19-21(30-7-9-31(10-8-30)23(36)20-22(35)17(2)28-16-29-20)24(37)33(26-3)25(32(19)11-12-34)27-15-18-5-13-38-14-6-18/h5,12,16,35H,3-4,6-11,13-15H2,1-2H3. The second kappa shape index (κ2) is 11.9. The number of aromatic hydroxyl groups is 1. The molecule has 0 aromatic carbocycles. The number of anilines is 1. The number of aldehydes is 1. The number of rotatable bonds is 8. The summed E-state index contributed by atoms with van der Waals surface area (Å²) < 4.78 is 8.20. The van der Waals surface area contributed by atoms with Gasteiger partial charge in [0.25, 0.3) is 11.5 Å². The van der Waals surface area contributed by atoms with Crippen LogP contribution < -0.4 is 16.1 Å². The van der Waals surface area contributed by atoms with Gasteiger partial charge in [0.1, 0.15) is 18.3 Å². The molecule has 0 bridgehead atoms. The number of ether oxygens (including phenoxy) is 1. The Bertz CT molecular complexity index is 1390. The summed E-state index contributed by atoms with van der Waals surface area (Å²) in [7, 11) is 0. The molecule has 2 aromatic rings. The van der Waals surface area contributed by atoms with Gasteiger partial charge in [-0.25, -0.2) is 15.0 Å². The Hall–Kier alpha value is -4.13. The van der Waals surface area contributed by atoms with E-state index in [0.29, 0.717) is 69.4 Å². The minimum atomic E-state index is -0.402. The van der Waals surface area contributed by atoms with Crippen LogP contribution in [0.1, 0.15) is 35.2 Å². The Morgan fingerprint density at radius 1 is 1.26 bits per heavy atom. The van der Waals surface area contributed by atoms with Crippen LogP contribution in [0.25, 0.3) is 0 Å². The lowest BCUT2D eigenvalue weighted by Crippen LogP contribution is -2.52. The monoisotopic (exact) mass is 524 g/mol. The van der Waals surface area contributed by atoms with Crippen molar-refractivity contribution in [2.45, 2.75) is 33.2 Å². The normalized spacial score (nSPS) is 16.4. The summed E-state index contributed by atoms with van der Waals surface area (Å²) in [5.74, 6) is -0.639. The van der Waals surface area contributed by atoms with Crippen LogP contribution in [-0.2, 0) is 22.5 Å². The Morgan fingerprint density at radius 2 is 2.03 bits per heavy atom. The molecule has 0 spiro atoms. The molecule has 0 unspecified atom stereocenters. The van der Waals surface area contributed by atoms with Crippen molar-refractivity contribution in [1.29, 1.82) is 0 Å². The van der Waals surface area contributed by atoms with Crippen molar-refractivity contribution in [3.8, 4) is 5.75 Å². The second-order valence-electron chi connectivity index (χ2n) is 8.92. The highest BCUT2D eigenvalue weighted by molar-refractivity contribution is 5.95. The average molecular weight is 525 g/mol. The van der Waals surface area contributed by atoms with E-state index in [9.17, 15) is 19.5 Å². The molecule has 0 radical (unpaired) electrons. The maximum Gasteiger partial charge on any atom is 0.299 e. The van der Waals surface area contributed by atoms with Crippen molar-refractivity contribution in [1.82, 2.24) is 24.1 Å². The number of piperazine rings is 1. The molecular weight excluding hydrogens is 492 g/mol. The summed E-state index contributed by atoms with van der Waals surface area (Å²) in [5.41, 5.74) is 2.29. The summed E-state index contributed by atoms with van der Waals surface area (Å²) in [6, 6.07) is 0. The smallest absolute Gasteiger partial charge is 0.299 e. The fourth-order valence-electron chi connectivity index (χ4n) is 4.69. The second-order valence-corrected chi connectivity index (χ2v) is 8.92. The van der Waals surface area contributed by atoms with Crippen molar-refractivity contribution in [3.05, 3.63) is 51.0 Å². The van der Waals surface area contributed by atoms with Gasteiger partial charge in [-0.15, -0.1) is 0 Å². The van der Waals surface area contributed by atoms with Crippen molar-refractivity contribution in [2.75, 3.05) is 50.8 Å². The van der Waals surface area contributed by atoms with Crippen molar-refractivity contribution in [3.63, 3.8) is 0 Å². The molecule has 4 rings (SSSR count). The highest BCUT2D eigenvalue weighted by Gasteiger charge is 2.29. The molecule has 38 heavy (non-hydrogen) atoms. The first-order valence-electron chi connectivity index (χ1n) is 12.5. The lowest BCUT2D eigenvalue weighted by atomic mass is 10.1. The van der Waals surface area contributed by atoms with E-state index in [1.54, 1.807) is 16.4 Å². The first kappa shape index (κ1) is 26.9. The molecule has 1 fully saturated rings. The third-order valence-electron chi connectivity index (χ3n) is 6.73. The SMILES string of the molecule is C=Nn1c(=O)c(N2CCN(C(=O)c3ncnc(C)c3O)CC2)c(CC)n(CC=O)c1=NCC1=CCOCC1. The van der Waals surface area contributed by atoms with Crippen LogP contribution in [0.4, 0.5) is 5.69 Å². The molecule has 202 valence electrons. The molecule has 2 aromatic heterocycles. The van der Waals surface area contributed by atoms with Crippen LogP contribution in [0.2, 0.25) is 0 Å². The lowest BCUT2D eigenvalue weighted by Gasteiger charge is -2.36. The topological polar surface area (TPSA) is 148 Å². The van der Waals surface area contributed by atoms with E-state index in [4.69, 9.17) is 4.74 Å². The van der Waals surface area contributed by atoms with E-state index in [2.05, 4.69) is 26.8 Å². The summed E-state index contributed by atoms with van der Waals surface area (Å²) in [5, 5.41) is 14.2. The van der Waals surface area contributed by atoms with Crippen LogP contribution in [0.15, 0.2) is 32.9 Å². The zero-order valence-corrected chi connectivity index (χ0v) is 21.7. The number of aryl methyl sites for hydroxylation is 1. The molecule has 0 aliphatic carbocycles. The fourth-order valence-corrected chi connectivity index (χ4v) is 4.69. The molecule has 13 nitrogen and oxygen atoms in total. The molecule has 1 N–H and O–H groups in total.